The monoisotopic (exact) mass is 402 g/mol. The molecule has 7 nitrogen and oxygen atoms in total. The van der Waals surface area contributed by atoms with Crippen LogP contribution in [0.15, 0.2) is 30.3 Å². The number of hydrogen-bond acceptors (Lipinski definition) is 5. The predicted octanol–water partition coefficient (Wildman–Crippen LogP) is 1.35. The van der Waals surface area contributed by atoms with Crippen molar-refractivity contribution in [3.8, 4) is 0 Å². The molecule has 160 valence electrons. The van der Waals surface area contributed by atoms with Crippen LogP contribution in [0.1, 0.15) is 18.4 Å². The summed E-state index contributed by atoms with van der Waals surface area (Å²) in [6.07, 6.45) is 1.88. The Hall–Kier alpha value is -1.67. The van der Waals surface area contributed by atoms with Gasteiger partial charge in [0.1, 0.15) is 0 Å². The number of benzene rings is 1. The first kappa shape index (κ1) is 20.6. The molecule has 2 amide bonds. The van der Waals surface area contributed by atoms with E-state index in [1.165, 1.54) is 5.56 Å². The van der Waals surface area contributed by atoms with Gasteiger partial charge >= 0.3 is 6.03 Å². The number of carbonyl (C=O) groups excluding carboxylic acids is 1. The highest BCUT2D eigenvalue weighted by Gasteiger charge is 2.38. The Kier molecular flexibility index (Phi) is 7.02. The van der Waals surface area contributed by atoms with Crippen molar-refractivity contribution < 1.29 is 14.3 Å². The molecule has 0 unspecified atom stereocenters. The number of urea groups is 1. The minimum Gasteiger partial charge on any atom is -0.379 e. The van der Waals surface area contributed by atoms with E-state index in [0.29, 0.717) is 26.3 Å². The molecule has 3 heterocycles. The SMILES string of the molecule is O=C(NC1(c2ccccc2)CCN(CCN2CCOCC2)CC1)N1CCOCC1. The van der Waals surface area contributed by atoms with Gasteiger partial charge in [0, 0.05) is 52.4 Å². The maximum Gasteiger partial charge on any atom is 0.318 e. The Morgan fingerprint density at radius 1 is 0.828 bits per heavy atom. The number of ether oxygens (including phenoxy) is 2. The number of piperidine rings is 1. The van der Waals surface area contributed by atoms with Gasteiger partial charge in [-0.05, 0) is 18.4 Å². The van der Waals surface area contributed by atoms with Crippen molar-refractivity contribution in [3.05, 3.63) is 35.9 Å². The van der Waals surface area contributed by atoms with Gasteiger partial charge in [-0.2, -0.15) is 0 Å². The maximum absolute atomic E-state index is 13.0. The molecule has 0 spiro atoms. The van der Waals surface area contributed by atoms with Crippen LogP contribution in [0.25, 0.3) is 0 Å². The van der Waals surface area contributed by atoms with Crippen molar-refractivity contribution in [2.24, 2.45) is 0 Å². The molecule has 0 aromatic heterocycles. The first-order valence-electron chi connectivity index (χ1n) is 11.0. The molecule has 7 heteroatoms. The molecule has 0 atom stereocenters. The highest BCUT2D eigenvalue weighted by atomic mass is 16.5. The molecule has 0 bridgehead atoms. The molecule has 3 fully saturated rings. The van der Waals surface area contributed by atoms with Gasteiger partial charge in [-0.3, -0.25) is 4.90 Å². The second kappa shape index (κ2) is 9.89. The molecular weight excluding hydrogens is 368 g/mol. The van der Waals surface area contributed by atoms with Crippen LogP contribution >= 0.6 is 0 Å². The number of carbonyl (C=O) groups is 1. The Balaban J connectivity index is 1.37. The highest BCUT2D eigenvalue weighted by Crippen LogP contribution is 2.33. The van der Waals surface area contributed by atoms with E-state index >= 15 is 0 Å². The molecule has 4 rings (SSSR count). The topological polar surface area (TPSA) is 57.3 Å². The lowest BCUT2D eigenvalue weighted by Crippen LogP contribution is -2.58. The highest BCUT2D eigenvalue weighted by molar-refractivity contribution is 5.75. The third-order valence-electron chi connectivity index (χ3n) is 6.52. The molecule has 3 aliphatic heterocycles. The quantitative estimate of drug-likeness (QED) is 0.806. The maximum atomic E-state index is 13.0. The normalized spacial score (nSPS) is 23.7. The minimum atomic E-state index is -0.286. The van der Waals surface area contributed by atoms with Crippen LogP contribution in [0, 0.1) is 0 Å². The molecule has 0 radical (unpaired) electrons. The average Bonchev–Trinajstić information content (AvgIpc) is 2.80. The Morgan fingerprint density at radius 3 is 2.00 bits per heavy atom. The molecule has 0 aliphatic carbocycles. The van der Waals surface area contributed by atoms with Crippen LogP contribution < -0.4 is 5.32 Å². The van der Waals surface area contributed by atoms with E-state index in [9.17, 15) is 4.79 Å². The van der Waals surface area contributed by atoms with Gasteiger partial charge in [0.25, 0.3) is 0 Å². The largest absolute Gasteiger partial charge is 0.379 e. The first-order chi connectivity index (χ1) is 14.3. The van der Waals surface area contributed by atoms with Gasteiger partial charge in [0.2, 0.25) is 0 Å². The van der Waals surface area contributed by atoms with Crippen molar-refractivity contribution in [2.45, 2.75) is 18.4 Å². The zero-order valence-electron chi connectivity index (χ0n) is 17.4. The third kappa shape index (κ3) is 5.28. The van der Waals surface area contributed by atoms with Gasteiger partial charge in [-0.25, -0.2) is 4.79 Å². The summed E-state index contributed by atoms with van der Waals surface area (Å²) in [5, 5.41) is 3.42. The van der Waals surface area contributed by atoms with Crippen LogP contribution in [0.5, 0.6) is 0 Å². The summed E-state index contributed by atoms with van der Waals surface area (Å²) in [6, 6.07) is 10.5. The Labute approximate surface area is 173 Å². The zero-order chi connectivity index (χ0) is 19.9. The van der Waals surface area contributed by atoms with E-state index in [4.69, 9.17) is 9.47 Å². The Bertz CT molecular complexity index is 637. The molecule has 29 heavy (non-hydrogen) atoms. The van der Waals surface area contributed by atoms with Crippen LogP contribution in [-0.4, -0.2) is 99.5 Å². The standard InChI is InChI=1S/C22H34N4O3/c27-21(26-14-18-29-19-15-26)23-22(20-4-2-1-3-5-20)6-8-24(9-7-22)10-11-25-12-16-28-17-13-25/h1-5H,6-19H2,(H,23,27). The fourth-order valence-corrected chi connectivity index (χ4v) is 4.56. The van der Waals surface area contributed by atoms with E-state index in [2.05, 4.69) is 39.4 Å². The summed E-state index contributed by atoms with van der Waals surface area (Å²) < 4.78 is 10.8. The van der Waals surface area contributed by atoms with Gasteiger partial charge in [-0.15, -0.1) is 0 Å². The second-order valence-corrected chi connectivity index (χ2v) is 8.27. The fourth-order valence-electron chi connectivity index (χ4n) is 4.56. The van der Waals surface area contributed by atoms with Crippen molar-refractivity contribution in [1.29, 1.82) is 0 Å². The minimum absolute atomic E-state index is 0.0407. The van der Waals surface area contributed by atoms with Gasteiger partial charge in [-0.1, -0.05) is 30.3 Å². The molecule has 3 saturated heterocycles. The molecule has 3 aliphatic rings. The van der Waals surface area contributed by atoms with Crippen LogP contribution in [0.4, 0.5) is 4.79 Å². The molecule has 1 aromatic carbocycles. The van der Waals surface area contributed by atoms with E-state index in [1.807, 2.05) is 11.0 Å². The average molecular weight is 403 g/mol. The lowest BCUT2D eigenvalue weighted by molar-refractivity contribution is 0.0291. The summed E-state index contributed by atoms with van der Waals surface area (Å²) in [5.74, 6) is 0. The lowest BCUT2D eigenvalue weighted by atomic mass is 9.81. The number of morpholine rings is 2. The number of likely N-dealkylation sites (tertiary alicyclic amines) is 1. The van der Waals surface area contributed by atoms with Crippen LogP contribution in [-0.2, 0) is 15.0 Å². The van der Waals surface area contributed by atoms with Gasteiger partial charge in [0.05, 0.1) is 32.0 Å². The van der Waals surface area contributed by atoms with Gasteiger partial charge < -0.3 is 24.6 Å². The predicted molar refractivity (Wildman–Crippen MR) is 112 cm³/mol. The number of rotatable bonds is 5. The summed E-state index contributed by atoms with van der Waals surface area (Å²) in [5.41, 5.74) is 0.931. The molecule has 1 N–H and O–H groups in total. The third-order valence-corrected chi connectivity index (χ3v) is 6.52. The van der Waals surface area contributed by atoms with E-state index < -0.39 is 0 Å². The van der Waals surface area contributed by atoms with Crippen molar-refractivity contribution in [3.63, 3.8) is 0 Å². The number of nitrogens with one attached hydrogen (secondary N) is 1. The van der Waals surface area contributed by atoms with E-state index in [1.54, 1.807) is 0 Å². The smallest absolute Gasteiger partial charge is 0.318 e. The van der Waals surface area contributed by atoms with E-state index in [0.717, 1.165) is 65.3 Å². The summed E-state index contributed by atoms with van der Waals surface area (Å²) in [6.45, 7) is 10.6. The zero-order valence-corrected chi connectivity index (χ0v) is 17.4. The van der Waals surface area contributed by atoms with Crippen molar-refractivity contribution in [2.75, 3.05) is 78.8 Å². The van der Waals surface area contributed by atoms with Crippen LogP contribution in [0.2, 0.25) is 0 Å². The first-order valence-corrected chi connectivity index (χ1v) is 11.0. The van der Waals surface area contributed by atoms with Gasteiger partial charge in [0.15, 0.2) is 0 Å². The molecule has 1 aromatic rings. The number of nitrogens with zero attached hydrogens (tertiary/aromatic N) is 3. The van der Waals surface area contributed by atoms with Crippen LogP contribution in [0.3, 0.4) is 0 Å². The molecular formula is C22H34N4O3. The van der Waals surface area contributed by atoms with E-state index in [-0.39, 0.29) is 11.6 Å². The second-order valence-electron chi connectivity index (χ2n) is 8.27. The fraction of sp³-hybridized carbons (Fsp3) is 0.682. The lowest BCUT2D eigenvalue weighted by Gasteiger charge is -2.44. The Morgan fingerprint density at radius 2 is 1.38 bits per heavy atom. The summed E-state index contributed by atoms with van der Waals surface area (Å²) >= 11 is 0. The number of amides is 2. The van der Waals surface area contributed by atoms with Crippen molar-refractivity contribution >= 4 is 6.03 Å². The van der Waals surface area contributed by atoms with Crippen molar-refractivity contribution in [1.82, 2.24) is 20.0 Å². The molecule has 0 saturated carbocycles. The number of hydrogen-bond donors (Lipinski definition) is 1. The summed E-state index contributed by atoms with van der Waals surface area (Å²) in [4.78, 5) is 19.9. The summed E-state index contributed by atoms with van der Waals surface area (Å²) in [7, 11) is 0.